The van der Waals surface area contributed by atoms with Crippen molar-refractivity contribution in [2.45, 2.75) is 56.5 Å². The molecule has 0 spiro atoms. The summed E-state index contributed by atoms with van der Waals surface area (Å²) in [4.78, 5) is 26.8. The molecule has 8 nitrogen and oxygen atoms in total. The molecule has 0 bridgehead atoms. The van der Waals surface area contributed by atoms with Gasteiger partial charge in [0.05, 0.1) is 25.1 Å². The van der Waals surface area contributed by atoms with Crippen molar-refractivity contribution in [3.63, 3.8) is 0 Å². The standard InChI is InChI=1S/C17H28F3N5O3/c1-28-16(27)11-3-2-10(17(18,19)20)8-13(11)22-15(26)12-4-5-14(24-23-12)25-7-6-21-9-25/h10-14,21,23-24H,2-9H2,1H3,(H,22,26). The number of amides is 1. The van der Waals surface area contributed by atoms with Crippen LogP contribution < -0.4 is 21.5 Å². The zero-order valence-corrected chi connectivity index (χ0v) is 15.8. The summed E-state index contributed by atoms with van der Waals surface area (Å²) in [6.45, 7) is 2.61. The van der Waals surface area contributed by atoms with Crippen LogP contribution in [-0.2, 0) is 14.3 Å². The fraction of sp³-hybridized carbons (Fsp3) is 0.882. The van der Waals surface area contributed by atoms with E-state index < -0.39 is 42.0 Å². The number of methoxy groups -OCH3 is 1. The first kappa shape index (κ1) is 21.3. The van der Waals surface area contributed by atoms with Crippen LogP contribution in [0.2, 0.25) is 0 Å². The van der Waals surface area contributed by atoms with Crippen molar-refractivity contribution in [3.05, 3.63) is 0 Å². The molecule has 1 saturated carbocycles. The Balaban J connectivity index is 1.57. The average Bonchev–Trinajstić information content (AvgIpc) is 3.21. The number of esters is 1. The normalized spacial score (nSPS) is 34.8. The lowest BCUT2D eigenvalue weighted by molar-refractivity contribution is -0.189. The van der Waals surface area contributed by atoms with E-state index >= 15 is 0 Å². The van der Waals surface area contributed by atoms with Gasteiger partial charge in [-0.15, -0.1) is 0 Å². The van der Waals surface area contributed by atoms with E-state index in [1.165, 1.54) is 7.11 Å². The van der Waals surface area contributed by atoms with Crippen LogP contribution in [0.4, 0.5) is 13.2 Å². The van der Waals surface area contributed by atoms with Gasteiger partial charge in [-0.3, -0.25) is 14.5 Å². The van der Waals surface area contributed by atoms with E-state index in [0.717, 1.165) is 26.2 Å². The van der Waals surface area contributed by atoms with Gasteiger partial charge in [0.1, 0.15) is 6.04 Å². The van der Waals surface area contributed by atoms with Crippen LogP contribution in [0.3, 0.4) is 0 Å². The van der Waals surface area contributed by atoms with Crippen LogP contribution in [0.1, 0.15) is 32.1 Å². The molecule has 0 aromatic heterocycles. The molecule has 1 aliphatic carbocycles. The molecule has 1 amide bonds. The summed E-state index contributed by atoms with van der Waals surface area (Å²) in [5.74, 6) is -3.26. The maximum atomic E-state index is 13.1. The van der Waals surface area contributed by atoms with Crippen molar-refractivity contribution < 1.29 is 27.5 Å². The number of hydrogen-bond acceptors (Lipinski definition) is 7. The van der Waals surface area contributed by atoms with E-state index in [1.54, 1.807) is 0 Å². The molecule has 0 aromatic rings. The maximum absolute atomic E-state index is 13.1. The number of hydrazine groups is 1. The third-order valence-electron chi connectivity index (χ3n) is 5.95. The third-order valence-corrected chi connectivity index (χ3v) is 5.95. The molecule has 2 aliphatic heterocycles. The smallest absolute Gasteiger partial charge is 0.391 e. The highest BCUT2D eigenvalue weighted by atomic mass is 19.4. The minimum atomic E-state index is -4.34. The summed E-state index contributed by atoms with van der Waals surface area (Å²) >= 11 is 0. The highest BCUT2D eigenvalue weighted by molar-refractivity contribution is 5.83. The number of hydrogen-bond donors (Lipinski definition) is 4. The molecule has 2 heterocycles. The lowest BCUT2D eigenvalue weighted by atomic mass is 9.77. The SMILES string of the molecule is COC(=O)C1CCC(C(F)(F)F)CC1NC(=O)C1CCC(N2CCNC2)NN1. The maximum Gasteiger partial charge on any atom is 0.391 e. The number of alkyl halides is 3. The van der Waals surface area contributed by atoms with Crippen molar-refractivity contribution in [2.24, 2.45) is 11.8 Å². The summed E-state index contributed by atoms with van der Waals surface area (Å²) in [7, 11) is 1.21. The molecular formula is C17H28F3N5O3. The quantitative estimate of drug-likeness (QED) is 0.490. The van der Waals surface area contributed by atoms with Gasteiger partial charge in [0.15, 0.2) is 0 Å². The number of carbonyl (C=O) groups excluding carboxylic acids is 2. The molecule has 3 fully saturated rings. The van der Waals surface area contributed by atoms with Gasteiger partial charge in [0, 0.05) is 25.8 Å². The molecule has 0 radical (unpaired) electrons. The van der Waals surface area contributed by atoms with Crippen molar-refractivity contribution in [3.8, 4) is 0 Å². The Morgan fingerprint density at radius 1 is 1.14 bits per heavy atom. The Labute approximate surface area is 161 Å². The van der Waals surface area contributed by atoms with E-state index in [4.69, 9.17) is 4.74 Å². The van der Waals surface area contributed by atoms with Crippen LogP contribution in [0.25, 0.3) is 0 Å². The number of carbonyl (C=O) groups is 2. The third kappa shape index (κ3) is 4.94. The zero-order valence-electron chi connectivity index (χ0n) is 15.8. The predicted octanol–water partition coefficient (Wildman–Crippen LogP) is 0.0682. The van der Waals surface area contributed by atoms with Crippen LogP contribution in [0.15, 0.2) is 0 Å². The number of nitrogens with zero attached hydrogens (tertiary/aromatic N) is 1. The minimum Gasteiger partial charge on any atom is -0.469 e. The molecular weight excluding hydrogens is 379 g/mol. The molecule has 160 valence electrons. The number of halogens is 3. The highest BCUT2D eigenvalue weighted by Gasteiger charge is 2.47. The minimum absolute atomic E-state index is 0.0438. The van der Waals surface area contributed by atoms with Gasteiger partial charge in [0.25, 0.3) is 0 Å². The van der Waals surface area contributed by atoms with E-state index in [9.17, 15) is 22.8 Å². The Bertz CT molecular complexity index is 563. The fourth-order valence-corrected chi connectivity index (χ4v) is 4.27. The van der Waals surface area contributed by atoms with E-state index in [0.29, 0.717) is 6.42 Å². The molecule has 28 heavy (non-hydrogen) atoms. The van der Waals surface area contributed by atoms with Gasteiger partial charge in [-0.1, -0.05) is 0 Å². The topological polar surface area (TPSA) is 94.7 Å². The first-order chi connectivity index (χ1) is 13.3. The lowest BCUT2D eigenvalue weighted by Gasteiger charge is -2.38. The van der Waals surface area contributed by atoms with Gasteiger partial charge in [-0.25, -0.2) is 10.9 Å². The van der Waals surface area contributed by atoms with Crippen LogP contribution >= 0.6 is 0 Å². The van der Waals surface area contributed by atoms with Crippen LogP contribution in [-0.4, -0.2) is 68.1 Å². The van der Waals surface area contributed by atoms with Gasteiger partial charge in [-0.05, 0) is 32.1 Å². The number of nitrogens with one attached hydrogen (secondary N) is 4. The van der Waals surface area contributed by atoms with Crippen molar-refractivity contribution >= 4 is 11.9 Å². The summed E-state index contributed by atoms with van der Waals surface area (Å²) in [5, 5.41) is 5.91. The highest BCUT2D eigenvalue weighted by Crippen LogP contribution is 2.40. The first-order valence-electron chi connectivity index (χ1n) is 9.70. The molecule has 0 aromatic carbocycles. The second-order valence-electron chi connectivity index (χ2n) is 7.70. The largest absolute Gasteiger partial charge is 0.469 e. The second-order valence-corrected chi connectivity index (χ2v) is 7.70. The fourth-order valence-electron chi connectivity index (χ4n) is 4.27. The monoisotopic (exact) mass is 407 g/mol. The molecule has 5 unspecified atom stereocenters. The van der Waals surface area contributed by atoms with Crippen LogP contribution in [0.5, 0.6) is 0 Å². The Hall–Kier alpha value is -1.43. The Morgan fingerprint density at radius 2 is 1.93 bits per heavy atom. The van der Waals surface area contributed by atoms with Crippen molar-refractivity contribution in [1.82, 2.24) is 26.4 Å². The summed E-state index contributed by atoms with van der Waals surface area (Å²) in [5.41, 5.74) is 6.08. The van der Waals surface area contributed by atoms with Gasteiger partial charge in [-0.2, -0.15) is 13.2 Å². The van der Waals surface area contributed by atoms with Crippen LogP contribution in [0, 0.1) is 11.8 Å². The summed E-state index contributed by atoms with van der Waals surface area (Å²) in [6.07, 6.45) is -3.34. The molecule has 2 saturated heterocycles. The lowest BCUT2D eigenvalue weighted by Crippen LogP contribution is -2.63. The summed E-state index contributed by atoms with van der Waals surface area (Å²) < 4.78 is 44.2. The van der Waals surface area contributed by atoms with E-state index in [2.05, 4.69) is 26.4 Å². The van der Waals surface area contributed by atoms with Crippen molar-refractivity contribution in [2.75, 3.05) is 26.9 Å². The van der Waals surface area contributed by atoms with Gasteiger partial charge >= 0.3 is 12.1 Å². The second kappa shape index (κ2) is 8.93. The van der Waals surface area contributed by atoms with E-state index in [1.807, 2.05) is 0 Å². The zero-order chi connectivity index (χ0) is 20.3. The molecule has 3 aliphatic rings. The molecule has 11 heteroatoms. The van der Waals surface area contributed by atoms with Gasteiger partial charge in [0.2, 0.25) is 5.91 Å². The average molecular weight is 407 g/mol. The number of ether oxygens (including phenoxy) is 1. The molecule has 3 rings (SSSR count). The van der Waals surface area contributed by atoms with Gasteiger partial charge < -0.3 is 15.4 Å². The van der Waals surface area contributed by atoms with E-state index in [-0.39, 0.29) is 25.4 Å². The Morgan fingerprint density at radius 3 is 2.50 bits per heavy atom. The molecule has 4 N–H and O–H groups in total. The number of rotatable bonds is 4. The molecule has 5 atom stereocenters. The predicted molar refractivity (Wildman–Crippen MR) is 93.5 cm³/mol. The van der Waals surface area contributed by atoms with Crippen molar-refractivity contribution in [1.29, 1.82) is 0 Å². The first-order valence-corrected chi connectivity index (χ1v) is 9.70. The summed E-state index contributed by atoms with van der Waals surface area (Å²) in [6, 6.07) is -1.45. The Kier molecular flexibility index (Phi) is 6.79.